The molecule has 1 saturated heterocycles. The summed E-state index contributed by atoms with van der Waals surface area (Å²) in [5, 5.41) is 3.38. The van der Waals surface area contributed by atoms with Gasteiger partial charge in [0.2, 0.25) is 11.8 Å². The molecular weight excluding hydrogens is 317 g/mol. The third-order valence-corrected chi connectivity index (χ3v) is 3.68. The summed E-state index contributed by atoms with van der Waals surface area (Å²) in [5.74, 6) is -0.779. The summed E-state index contributed by atoms with van der Waals surface area (Å²) in [6.07, 6.45) is -4.63. The molecule has 0 unspecified atom stereocenters. The van der Waals surface area contributed by atoms with Crippen LogP contribution in [0.2, 0.25) is 0 Å². The molecule has 4 amide bonds. The van der Waals surface area contributed by atoms with Gasteiger partial charge in [0.1, 0.15) is 6.54 Å². The molecular formula is C13H21F3N4O3. The highest BCUT2D eigenvalue weighted by molar-refractivity contribution is 5.94. The standard InChI is InChI=1S/C13H21F3N4O3/c1-12(2)10(22)19(3)6-7-20(12)5-4-9(21)18-11(23)17-8-13(14,15)16/h4-8H2,1-3H3,(H2,17,18,21,23). The van der Waals surface area contributed by atoms with Gasteiger partial charge in [-0.2, -0.15) is 13.2 Å². The number of carbonyl (C=O) groups excluding carboxylic acids is 3. The molecule has 1 heterocycles. The van der Waals surface area contributed by atoms with Gasteiger partial charge < -0.3 is 10.2 Å². The number of carbonyl (C=O) groups is 3. The van der Waals surface area contributed by atoms with Crippen LogP contribution in [-0.2, 0) is 9.59 Å². The summed E-state index contributed by atoms with van der Waals surface area (Å²) in [4.78, 5) is 38.2. The SMILES string of the molecule is CN1CCN(CCC(=O)NC(=O)NCC(F)(F)F)C(C)(C)C1=O. The van der Waals surface area contributed by atoms with E-state index in [4.69, 9.17) is 0 Å². The molecule has 1 fully saturated rings. The van der Waals surface area contributed by atoms with Crippen LogP contribution >= 0.6 is 0 Å². The lowest BCUT2D eigenvalue weighted by Crippen LogP contribution is -2.62. The third-order valence-electron chi connectivity index (χ3n) is 3.68. The molecule has 2 N–H and O–H groups in total. The second kappa shape index (κ2) is 7.16. The van der Waals surface area contributed by atoms with Gasteiger partial charge in [0, 0.05) is 33.1 Å². The van der Waals surface area contributed by atoms with Crippen LogP contribution < -0.4 is 10.6 Å². The molecule has 0 aromatic carbocycles. The first kappa shape index (κ1) is 19.2. The fraction of sp³-hybridized carbons (Fsp3) is 0.769. The average molecular weight is 338 g/mol. The number of piperazine rings is 1. The highest BCUT2D eigenvalue weighted by Gasteiger charge is 2.40. The quantitative estimate of drug-likeness (QED) is 0.773. The molecule has 0 spiro atoms. The molecule has 0 aliphatic carbocycles. The van der Waals surface area contributed by atoms with Crippen LogP contribution in [0.15, 0.2) is 0 Å². The predicted molar refractivity (Wildman–Crippen MR) is 75.5 cm³/mol. The van der Waals surface area contributed by atoms with Gasteiger partial charge in [-0.05, 0) is 13.8 Å². The maximum Gasteiger partial charge on any atom is 0.405 e. The van der Waals surface area contributed by atoms with Gasteiger partial charge in [-0.1, -0.05) is 0 Å². The fourth-order valence-corrected chi connectivity index (χ4v) is 2.30. The number of alkyl halides is 3. The summed E-state index contributed by atoms with van der Waals surface area (Å²) in [6, 6.07) is -1.19. The number of likely N-dealkylation sites (N-methyl/N-ethyl adjacent to an activating group) is 1. The van der Waals surface area contributed by atoms with Gasteiger partial charge in [0.25, 0.3) is 0 Å². The Hall–Kier alpha value is -1.84. The predicted octanol–water partition coefficient (Wildman–Crippen LogP) is 0.317. The average Bonchev–Trinajstić information content (AvgIpc) is 2.41. The normalized spacial score (nSPS) is 18.7. The van der Waals surface area contributed by atoms with E-state index in [2.05, 4.69) is 0 Å². The summed E-state index contributed by atoms with van der Waals surface area (Å²) in [7, 11) is 1.69. The minimum absolute atomic E-state index is 0.0768. The van der Waals surface area contributed by atoms with Gasteiger partial charge in [-0.15, -0.1) is 0 Å². The summed E-state index contributed by atoms with van der Waals surface area (Å²) < 4.78 is 35.8. The fourth-order valence-electron chi connectivity index (χ4n) is 2.30. The Morgan fingerprint density at radius 3 is 2.43 bits per heavy atom. The lowest BCUT2D eigenvalue weighted by Gasteiger charge is -2.44. The highest BCUT2D eigenvalue weighted by atomic mass is 19.4. The lowest BCUT2D eigenvalue weighted by molar-refractivity contribution is -0.147. The van der Waals surface area contributed by atoms with Crippen LogP contribution in [0.5, 0.6) is 0 Å². The van der Waals surface area contributed by atoms with Gasteiger partial charge in [0.15, 0.2) is 0 Å². The number of imide groups is 1. The second-order valence-electron chi connectivity index (χ2n) is 5.87. The van der Waals surface area contributed by atoms with E-state index in [0.29, 0.717) is 13.1 Å². The smallest absolute Gasteiger partial charge is 0.343 e. The van der Waals surface area contributed by atoms with E-state index in [-0.39, 0.29) is 18.9 Å². The molecule has 23 heavy (non-hydrogen) atoms. The molecule has 0 atom stereocenters. The molecule has 0 radical (unpaired) electrons. The lowest BCUT2D eigenvalue weighted by atomic mass is 9.97. The largest absolute Gasteiger partial charge is 0.405 e. The van der Waals surface area contributed by atoms with Crippen LogP contribution in [0.1, 0.15) is 20.3 Å². The van der Waals surface area contributed by atoms with Crippen molar-refractivity contribution in [3.63, 3.8) is 0 Å². The first-order valence-corrected chi connectivity index (χ1v) is 7.08. The monoisotopic (exact) mass is 338 g/mol. The molecule has 132 valence electrons. The highest BCUT2D eigenvalue weighted by Crippen LogP contribution is 2.21. The van der Waals surface area contributed by atoms with Gasteiger partial charge in [0.05, 0.1) is 5.54 Å². The molecule has 0 aromatic heterocycles. The van der Waals surface area contributed by atoms with Crippen molar-refractivity contribution in [1.82, 2.24) is 20.4 Å². The van der Waals surface area contributed by atoms with Crippen LogP contribution in [-0.4, -0.2) is 72.6 Å². The summed E-state index contributed by atoms with van der Waals surface area (Å²) in [6.45, 7) is 3.29. The molecule has 1 rings (SSSR count). The van der Waals surface area contributed by atoms with E-state index < -0.39 is 30.2 Å². The van der Waals surface area contributed by atoms with E-state index in [0.717, 1.165) is 0 Å². The van der Waals surface area contributed by atoms with Crippen molar-refractivity contribution in [2.45, 2.75) is 32.0 Å². The summed E-state index contributed by atoms with van der Waals surface area (Å²) >= 11 is 0. The first-order valence-electron chi connectivity index (χ1n) is 7.08. The number of nitrogens with zero attached hydrogens (tertiary/aromatic N) is 2. The van der Waals surface area contributed by atoms with E-state index in [1.54, 1.807) is 31.1 Å². The Morgan fingerprint density at radius 2 is 1.87 bits per heavy atom. The van der Waals surface area contributed by atoms with E-state index in [1.807, 2.05) is 10.2 Å². The van der Waals surface area contributed by atoms with E-state index >= 15 is 0 Å². The maximum absolute atomic E-state index is 12.1. The maximum atomic E-state index is 12.1. The summed E-state index contributed by atoms with van der Waals surface area (Å²) in [5.41, 5.74) is -0.772. The molecule has 1 aliphatic rings. The van der Waals surface area contributed by atoms with Crippen LogP contribution in [0.3, 0.4) is 0 Å². The number of nitrogens with one attached hydrogen (secondary N) is 2. The van der Waals surface area contributed by atoms with Crippen molar-refractivity contribution in [1.29, 1.82) is 0 Å². The zero-order valence-electron chi connectivity index (χ0n) is 13.3. The Kier molecular flexibility index (Phi) is 5.98. The van der Waals surface area contributed by atoms with Crippen molar-refractivity contribution >= 4 is 17.8 Å². The van der Waals surface area contributed by atoms with Gasteiger partial charge in [-0.25, -0.2) is 4.79 Å². The van der Waals surface area contributed by atoms with Gasteiger partial charge >= 0.3 is 12.2 Å². The first-order chi connectivity index (χ1) is 10.4. The van der Waals surface area contributed by atoms with Crippen molar-refractivity contribution in [3.05, 3.63) is 0 Å². The van der Waals surface area contributed by atoms with Crippen molar-refractivity contribution in [2.24, 2.45) is 0 Å². The second-order valence-corrected chi connectivity index (χ2v) is 5.87. The van der Waals surface area contributed by atoms with Crippen LogP contribution in [0, 0.1) is 0 Å². The number of urea groups is 1. The van der Waals surface area contributed by atoms with E-state index in [1.165, 1.54) is 0 Å². The topological polar surface area (TPSA) is 81.8 Å². The Morgan fingerprint density at radius 1 is 1.26 bits per heavy atom. The molecule has 0 aromatic rings. The molecule has 0 bridgehead atoms. The molecule has 7 nitrogen and oxygen atoms in total. The molecule has 10 heteroatoms. The number of rotatable bonds is 4. The molecule has 1 aliphatic heterocycles. The Bertz CT molecular complexity index is 480. The minimum Gasteiger partial charge on any atom is -0.343 e. The van der Waals surface area contributed by atoms with Crippen LogP contribution in [0.25, 0.3) is 0 Å². The third kappa shape index (κ3) is 5.70. The van der Waals surface area contributed by atoms with Crippen molar-refractivity contribution < 1.29 is 27.6 Å². The van der Waals surface area contributed by atoms with Crippen LogP contribution in [0.4, 0.5) is 18.0 Å². The number of amides is 4. The van der Waals surface area contributed by atoms with Gasteiger partial charge in [-0.3, -0.25) is 19.8 Å². The van der Waals surface area contributed by atoms with E-state index in [9.17, 15) is 27.6 Å². The van der Waals surface area contributed by atoms with Crippen molar-refractivity contribution in [2.75, 3.05) is 33.2 Å². The van der Waals surface area contributed by atoms with Crippen molar-refractivity contribution in [3.8, 4) is 0 Å². The Labute approximate surface area is 132 Å². The molecule has 0 saturated carbocycles. The number of hydrogen-bond acceptors (Lipinski definition) is 4. The zero-order valence-corrected chi connectivity index (χ0v) is 13.3. The Balaban J connectivity index is 2.41. The minimum atomic E-state index is -4.54. The zero-order chi connectivity index (χ0) is 17.8. The number of hydrogen-bond donors (Lipinski definition) is 2. The number of halogens is 3.